The second kappa shape index (κ2) is 6.63. The summed E-state index contributed by atoms with van der Waals surface area (Å²) in [7, 11) is 0. The van der Waals surface area contributed by atoms with Crippen LogP contribution in [0, 0.1) is 0 Å². The lowest BCUT2D eigenvalue weighted by atomic mass is 10.1. The van der Waals surface area contributed by atoms with Crippen LogP contribution in [0.4, 0.5) is 5.69 Å². The third kappa shape index (κ3) is 3.98. The SMILES string of the molecule is CC(=O)Nc1cc[n+]([C@H](C)C(=O)c2ccc(Br)cc2)cc1. The summed E-state index contributed by atoms with van der Waals surface area (Å²) < 4.78 is 2.76. The lowest BCUT2D eigenvalue weighted by Crippen LogP contribution is -2.41. The molecule has 21 heavy (non-hydrogen) atoms. The molecule has 1 aromatic carbocycles. The summed E-state index contributed by atoms with van der Waals surface area (Å²) in [6, 6.07) is 10.5. The summed E-state index contributed by atoms with van der Waals surface area (Å²) >= 11 is 3.35. The molecule has 5 heteroatoms. The fraction of sp³-hybridized carbons (Fsp3) is 0.188. The van der Waals surface area contributed by atoms with Crippen molar-refractivity contribution in [1.29, 1.82) is 0 Å². The van der Waals surface area contributed by atoms with E-state index in [-0.39, 0.29) is 17.7 Å². The van der Waals surface area contributed by atoms with Gasteiger partial charge < -0.3 is 5.32 Å². The van der Waals surface area contributed by atoms with Gasteiger partial charge in [0.15, 0.2) is 12.4 Å². The minimum atomic E-state index is -0.308. The van der Waals surface area contributed by atoms with Gasteiger partial charge in [-0.05, 0) is 12.1 Å². The van der Waals surface area contributed by atoms with Crippen molar-refractivity contribution in [2.24, 2.45) is 0 Å². The molecule has 1 amide bonds. The number of benzene rings is 1. The summed E-state index contributed by atoms with van der Waals surface area (Å²) in [6.07, 6.45) is 3.57. The maximum atomic E-state index is 12.4. The Kier molecular flexibility index (Phi) is 4.85. The molecule has 0 radical (unpaired) electrons. The summed E-state index contributed by atoms with van der Waals surface area (Å²) in [4.78, 5) is 23.4. The molecular formula is C16H16BrN2O2+. The molecule has 0 spiro atoms. The molecule has 4 nitrogen and oxygen atoms in total. The summed E-state index contributed by atoms with van der Waals surface area (Å²) in [5.41, 5.74) is 1.38. The van der Waals surface area contributed by atoms with Crippen molar-refractivity contribution in [1.82, 2.24) is 0 Å². The largest absolute Gasteiger partial charge is 0.326 e. The molecule has 1 heterocycles. The molecule has 1 aromatic heterocycles. The van der Waals surface area contributed by atoms with E-state index in [1.165, 1.54) is 6.92 Å². The average Bonchev–Trinajstić information content (AvgIpc) is 2.47. The number of hydrogen-bond acceptors (Lipinski definition) is 2. The first-order valence-corrected chi connectivity index (χ1v) is 7.35. The van der Waals surface area contributed by atoms with E-state index in [4.69, 9.17) is 0 Å². The number of nitrogens with zero attached hydrogens (tertiary/aromatic N) is 1. The van der Waals surface area contributed by atoms with E-state index < -0.39 is 0 Å². The van der Waals surface area contributed by atoms with Gasteiger partial charge in [0.2, 0.25) is 17.7 Å². The number of aromatic nitrogens is 1. The predicted molar refractivity (Wildman–Crippen MR) is 84.1 cm³/mol. The van der Waals surface area contributed by atoms with E-state index in [0.717, 1.165) is 4.47 Å². The normalized spacial score (nSPS) is 11.8. The van der Waals surface area contributed by atoms with Gasteiger partial charge in [-0.3, -0.25) is 9.59 Å². The van der Waals surface area contributed by atoms with E-state index >= 15 is 0 Å². The highest BCUT2D eigenvalue weighted by atomic mass is 79.9. The van der Waals surface area contributed by atoms with E-state index in [0.29, 0.717) is 11.3 Å². The van der Waals surface area contributed by atoms with Gasteiger partial charge in [0.1, 0.15) is 0 Å². The molecule has 2 rings (SSSR count). The van der Waals surface area contributed by atoms with E-state index in [1.807, 2.05) is 23.6 Å². The van der Waals surface area contributed by atoms with Gasteiger partial charge in [0.25, 0.3) is 0 Å². The summed E-state index contributed by atoms with van der Waals surface area (Å²) in [6.45, 7) is 3.31. The van der Waals surface area contributed by atoms with Crippen molar-refractivity contribution in [3.8, 4) is 0 Å². The van der Waals surface area contributed by atoms with Crippen LogP contribution in [0.3, 0.4) is 0 Å². The van der Waals surface area contributed by atoms with Crippen molar-refractivity contribution in [2.45, 2.75) is 19.9 Å². The van der Waals surface area contributed by atoms with Gasteiger partial charge >= 0.3 is 0 Å². The lowest BCUT2D eigenvalue weighted by molar-refractivity contribution is -0.704. The number of halogens is 1. The monoisotopic (exact) mass is 347 g/mol. The quantitative estimate of drug-likeness (QED) is 0.682. The van der Waals surface area contributed by atoms with Gasteiger partial charge in [0, 0.05) is 36.0 Å². The van der Waals surface area contributed by atoms with Crippen molar-refractivity contribution >= 4 is 33.3 Å². The van der Waals surface area contributed by atoms with Crippen LogP contribution in [-0.2, 0) is 4.79 Å². The second-order valence-electron chi connectivity index (χ2n) is 4.76. The highest BCUT2D eigenvalue weighted by Gasteiger charge is 2.23. The molecule has 0 aliphatic heterocycles. The number of anilines is 1. The molecule has 0 fully saturated rings. The zero-order valence-electron chi connectivity index (χ0n) is 11.8. The van der Waals surface area contributed by atoms with Gasteiger partial charge in [0.05, 0.1) is 5.69 Å². The number of rotatable bonds is 4. The second-order valence-corrected chi connectivity index (χ2v) is 5.68. The first kappa shape index (κ1) is 15.4. The molecule has 1 N–H and O–H groups in total. The Balaban J connectivity index is 2.15. The molecular weight excluding hydrogens is 332 g/mol. The molecule has 0 aliphatic rings. The fourth-order valence-electron chi connectivity index (χ4n) is 1.97. The lowest BCUT2D eigenvalue weighted by Gasteiger charge is -2.07. The minimum Gasteiger partial charge on any atom is -0.326 e. The molecule has 1 atom stereocenters. The third-order valence-corrected chi connectivity index (χ3v) is 3.66. The Bertz CT molecular complexity index is 651. The van der Waals surface area contributed by atoms with E-state index in [2.05, 4.69) is 21.2 Å². The zero-order valence-corrected chi connectivity index (χ0v) is 13.4. The highest BCUT2D eigenvalue weighted by Crippen LogP contribution is 2.14. The minimum absolute atomic E-state index is 0.0415. The highest BCUT2D eigenvalue weighted by molar-refractivity contribution is 9.10. The van der Waals surface area contributed by atoms with Crippen LogP contribution in [0.25, 0.3) is 0 Å². The predicted octanol–water partition coefficient (Wildman–Crippen LogP) is 3.14. The summed E-state index contributed by atoms with van der Waals surface area (Å²) in [5.74, 6) is -0.0773. The smallest absolute Gasteiger partial charge is 0.230 e. The van der Waals surface area contributed by atoms with E-state index in [1.54, 1.807) is 36.7 Å². The summed E-state index contributed by atoms with van der Waals surface area (Å²) in [5, 5.41) is 2.70. The van der Waals surface area contributed by atoms with Gasteiger partial charge in [-0.25, -0.2) is 0 Å². The topological polar surface area (TPSA) is 50.1 Å². The van der Waals surface area contributed by atoms with Crippen molar-refractivity contribution < 1.29 is 14.2 Å². The first-order chi connectivity index (χ1) is 9.97. The number of amides is 1. The van der Waals surface area contributed by atoms with Crippen LogP contribution in [0.15, 0.2) is 53.3 Å². The molecule has 0 saturated heterocycles. The molecule has 0 bridgehead atoms. The van der Waals surface area contributed by atoms with Gasteiger partial charge in [-0.15, -0.1) is 0 Å². The molecule has 2 aromatic rings. The first-order valence-electron chi connectivity index (χ1n) is 6.55. The molecule has 0 saturated carbocycles. The maximum Gasteiger partial charge on any atom is 0.230 e. The van der Waals surface area contributed by atoms with Crippen LogP contribution in [0.1, 0.15) is 30.2 Å². The number of nitrogens with one attached hydrogen (secondary N) is 1. The Morgan fingerprint density at radius 1 is 1.10 bits per heavy atom. The number of hydrogen-bond donors (Lipinski definition) is 1. The molecule has 0 aliphatic carbocycles. The third-order valence-electron chi connectivity index (χ3n) is 3.13. The maximum absolute atomic E-state index is 12.4. The Hall–Kier alpha value is -2.01. The number of carbonyl (C=O) groups excluding carboxylic acids is 2. The van der Waals surface area contributed by atoms with Crippen LogP contribution in [-0.4, -0.2) is 11.7 Å². The molecule has 0 unspecified atom stereocenters. The van der Waals surface area contributed by atoms with Crippen molar-refractivity contribution in [3.63, 3.8) is 0 Å². The van der Waals surface area contributed by atoms with E-state index in [9.17, 15) is 9.59 Å². The van der Waals surface area contributed by atoms with Crippen molar-refractivity contribution in [2.75, 3.05) is 5.32 Å². The number of ketones is 1. The van der Waals surface area contributed by atoms with Gasteiger partial charge in [-0.2, -0.15) is 4.57 Å². The number of pyridine rings is 1. The van der Waals surface area contributed by atoms with Crippen LogP contribution in [0.5, 0.6) is 0 Å². The van der Waals surface area contributed by atoms with Crippen LogP contribution < -0.4 is 9.88 Å². The van der Waals surface area contributed by atoms with Crippen molar-refractivity contribution in [3.05, 3.63) is 58.8 Å². The zero-order chi connectivity index (χ0) is 15.4. The Morgan fingerprint density at radius 3 is 2.19 bits per heavy atom. The Morgan fingerprint density at radius 2 is 1.67 bits per heavy atom. The van der Waals surface area contributed by atoms with Gasteiger partial charge in [-0.1, -0.05) is 28.1 Å². The Labute approximate surface area is 131 Å². The average molecular weight is 348 g/mol. The standard InChI is InChI=1S/C16H15BrN2O2/c1-11(16(21)13-3-5-14(17)6-4-13)19-9-7-15(8-10-19)18-12(2)20/h3-11H,1-2H3/p+1/t11-/m1/s1. The fourth-order valence-corrected chi connectivity index (χ4v) is 2.24. The van der Waals surface area contributed by atoms with Crippen LogP contribution in [0.2, 0.25) is 0 Å². The molecule has 108 valence electrons. The number of carbonyl (C=O) groups is 2. The number of Topliss-reactive ketones (excluding diaryl/α,β-unsaturated/α-hetero) is 1. The van der Waals surface area contributed by atoms with Crippen LogP contribution >= 0.6 is 15.9 Å².